The van der Waals surface area contributed by atoms with Crippen molar-refractivity contribution in [1.29, 1.82) is 0 Å². The van der Waals surface area contributed by atoms with Gasteiger partial charge in [-0.1, -0.05) is 65.8 Å². The van der Waals surface area contributed by atoms with Gasteiger partial charge in [0.25, 0.3) is 0 Å². The number of rotatable bonds is 7. The van der Waals surface area contributed by atoms with Crippen molar-refractivity contribution in [1.82, 2.24) is 4.90 Å². The fourth-order valence-electron chi connectivity index (χ4n) is 4.20. The highest BCUT2D eigenvalue weighted by molar-refractivity contribution is 7.99. The zero-order valence-corrected chi connectivity index (χ0v) is 23.2. The van der Waals surface area contributed by atoms with Crippen molar-refractivity contribution in [3.8, 4) is 5.75 Å². The van der Waals surface area contributed by atoms with Crippen molar-refractivity contribution >= 4 is 46.5 Å². The third-order valence-corrected chi connectivity index (χ3v) is 7.47. The van der Waals surface area contributed by atoms with Crippen molar-refractivity contribution in [2.24, 2.45) is 0 Å². The topological polar surface area (TPSA) is 81.1 Å². The molecule has 6 nitrogen and oxygen atoms in total. The first-order valence-electron chi connectivity index (χ1n) is 12.4. The first-order valence-corrected chi connectivity index (χ1v) is 13.6. The average Bonchev–Trinajstić information content (AvgIpc) is 2.93. The quantitative estimate of drug-likeness (QED) is 0.231. The van der Waals surface area contributed by atoms with Crippen molar-refractivity contribution in [3.63, 3.8) is 0 Å². The molecule has 2 N–H and O–H groups in total. The Morgan fingerprint density at radius 1 is 0.846 bits per heavy atom. The summed E-state index contributed by atoms with van der Waals surface area (Å²) in [6.07, 6.45) is 1.12. The fourth-order valence-corrected chi connectivity index (χ4v) is 5.44. The number of carboxylic acid groups (broad SMARTS) is 1. The summed E-state index contributed by atoms with van der Waals surface area (Å²) in [5, 5.41) is 19.1. The van der Waals surface area contributed by atoms with Gasteiger partial charge in [0.1, 0.15) is 11.3 Å². The molecule has 39 heavy (non-hydrogen) atoms. The molecule has 0 radical (unpaired) electrons. The molecule has 8 heteroatoms. The molecule has 200 valence electrons. The minimum Gasteiger partial charge on any atom is -0.507 e. The Balaban J connectivity index is 0.000000183. The summed E-state index contributed by atoms with van der Waals surface area (Å²) < 4.78 is 0. The van der Waals surface area contributed by atoms with Crippen LogP contribution in [0.25, 0.3) is 0 Å². The van der Waals surface area contributed by atoms with Crippen LogP contribution in [0.3, 0.4) is 0 Å². The first kappa shape index (κ1) is 28.2. The summed E-state index contributed by atoms with van der Waals surface area (Å²) in [6, 6.07) is 27.1. The first-order chi connectivity index (χ1) is 18.7. The SMILES string of the molecule is CN(C)CCCN1c2ccccc2Sc2ccc(Cl)cc21.O=C(c1ccccc1)c1ccc(C(=O)O)c(O)c1. The van der Waals surface area contributed by atoms with Gasteiger partial charge in [-0.25, -0.2) is 4.79 Å². The summed E-state index contributed by atoms with van der Waals surface area (Å²) in [4.78, 5) is 30.0. The molecule has 0 atom stereocenters. The molecule has 0 spiro atoms. The number of carbonyl (C=O) groups is 2. The number of ketones is 1. The van der Waals surface area contributed by atoms with E-state index in [4.69, 9.17) is 16.7 Å². The third-order valence-electron chi connectivity index (χ3n) is 6.10. The lowest BCUT2D eigenvalue weighted by Crippen LogP contribution is -2.25. The number of fused-ring (bicyclic) bond motifs is 2. The van der Waals surface area contributed by atoms with Crippen molar-refractivity contribution < 1.29 is 19.8 Å². The van der Waals surface area contributed by atoms with Gasteiger partial charge >= 0.3 is 5.97 Å². The standard InChI is InChI=1S/C17H19ClN2S.C14H10O4/c1-19(2)10-5-11-20-14-6-3-4-7-16(14)21-17-9-8-13(18)12-15(17)20;15-12-8-10(6-7-11(12)14(17)18)13(16)9-4-2-1-3-5-9/h3-4,6-9,12H,5,10-11H2,1-2H3;1-8,15H,(H,17,18). The van der Waals surface area contributed by atoms with Crippen molar-refractivity contribution in [2.45, 2.75) is 16.2 Å². The zero-order chi connectivity index (χ0) is 27.9. The van der Waals surface area contributed by atoms with Gasteiger partial charge in [0, 0.05) is 32.5 Å². The molecular formula is C31H29ClN2O4S. The van der Waals surface area contributed by atoms with E-state index in [1.807, 2.05) is 17.8 Å². The largest absolute Gasteiger partial charge is 0.507 e. The van der Waals surface area contributed by atoms with Crippen LogP contribution < -0.4 is 4.90 Å². The Kier molecular flexibility index (Phi) is 9.30. The van der Waals surface area contributed by atoms with Crippen LogP contribution in [0.15, 0.2) is 101 Å². The lowest BCUT2D eigenvalue weighted by Gasteiger charge is -2.33. The maximum absolute atomic E-state index is 12.0. The average molecular weight is 561 g/mol. The number of hydrogen-bond acceptors (Lipinski definition) is 6. The van der Waals surface area contributed by atoms with Gasteiger partial charge in [-0.05, 0) is 75.6 Å². The highest BCUT2D eigenvalue weighted by atomic mass is 35.5. The van der Waals surface area contributed by atoms with Gasteiger partial charge < -0.3 is 20.0 Å². The van der Waals surface area contributed by atoms with Crippen LogP contribution in [0.1, 0.15) is 32.7 Å². The summed E-state index contributed by atoms with van der Waals surface area (Å²) in [5.41, 5.74) is 3.03. The molecular weight excluding hydrogens is 532 g/mol. The summed E-state index contributed by atoms with van der Waals surface area (Å²) in [6.45, 7) is 2.09. The molecule has 1 aliphatic heterocycles. The molecule has 1 aliphatic rings. The Labute approximate surface area is 237 Å². The predicted octanol–water partition coefficient (Wildman–Crippen LogP) is 7.22. The normalized spacial score (nSPS) is 11.7. The molecule has 0 aromatic heterocycles. The lowest BCUT2D eigenvalue weighted by atomic mass is 10.0. The van der Waals surface area contributed by atoms with E-state index in [2.05, 4.69) is 60.3 Å². The number of carbonyl (C=O) groups excluding carboxylic acids is 1. The third kappa shape index (κ3) is 7.00. The van der Waals surface area contributed by atoms with E-state index in [0.29, 0.717) is 5.56 Å². The predicted molar refractivity (Wildman–Crippen MR) is 157 cm³/mol. The van der Waals surface area contributed by atoms with Gasteiger partial charge in [-0.15, -0.1) is 0 Å². The van der Waals surface area contributed by atoms with Crippen LogP contribution in [0.5, 0.6) is 5.75 Å². The van der Waals surface area contributed by atoms with E-state index in [0.717, 1.165) is 24.5 Å². The summed E-state index contributed by atoms with van der Waals surface area (Å²) >= 11 is 8.03. The van der Waals surface area contributed by atoms with Crippen LogP contribution >= 0.6 is 23.4 Å². The molecule has 0 aliphatic carbocycles. The lowest BCUT2D eigenvalue weighted by molar-refractivity contribution is 0.0693. The van der Waals surface area contributed by atoms with E-state index in [1.54, 1.807) is 30.3 Å². The molecule has 0 amide bonds. The number of aromatic carboxylic acids is 1. The highest BCUT2D eigenvalue weighted by Gasteiger charge is 2.23. The fraction of sp³-hybridized carbons (Fsp3) is 0.161. The zero-order valence-electron chi connectivity index (χ0n) is 21.7. The van der Waals surface area contributed by atoms with Crippen LogP contribution in [-0.2, 0) is 0 Å². The second-order valence-corrected chi connectivity index (χ2v) is 10.7. The smallest absolute Gasteiger partial charge is 0.339 e. The summed E-state index contributed by atoms with van der Waals surface area (Å²) in [5.74, 6) is -1.90. The Morgan fingerprint density at radius 2 is 1.54 bits per heavy atom. The van der Waals surface area contributed by atoms with Gasteiger partial charge in [-0.3, -0.25) is 4.79 Å². The number of benzene rings is 4. The number of carboxylic acids is 1. The van der Waals surface area contributed by atoms with E-state index >= 15 is 0 Å². The van der Waals surface area contributed by atoms with Crippen LogP contribution in [-0.4, -0.2) is 54.1 Å². The van der Waals surface area contributed by atoms with Crippen molar-refractivity contribution in [2.75, 3.05) is 32.1 Å². The highest BCUT2D eigenvalue weighted by Crippen LogP contribution is 2.48. The van der Waals surface area contributed by atoms with E-state index in [1.165, 1.54) is 39.4 Å². The number of phenols is 1. The number of anilines is 2. The molecule has 0 fully saturated rings. The molecule has 1 heterocycles. The van der Waals surface area contributed by atoms with Gasteiger partial charge in [0.05, 0.1) is 11.4 Å². The second-order valence-electron chi connectivity index (χ2n) is 9.22. The van der Waals surface area contributed by atoms with E-state index in [9.17, 15) is 14.7 Å². The maximum atomic E-state index is 12.0. The molecule has 5 rings (SSSR count). The Bertz CT molecular complexity index is 1480. The van der Waals surface area contributed by atoms with Crippen LogP contribution in [0.2, 0.25) is 5.02 Å². The Hall–Kier alpha value is -3.78. The van der Waals surface area contributed by atoms with Gasteiger partial charge in [0.2, 0.25) is 0 Å². The number of halogens is 1. The maximum Gasteiger partial charge on any atom is 0.339 e. The van der Waals surface area contributed by atoms with Gasteiger partial charge in [0.15, 0.2) is 5.78 Å². The Morgan fingerprint density at radius 3 is 2.23 bits per heavy atom. The molecule has 0 saturated heterocycles. The van der Waals surface area contributed by atoms with Crippen LogP contribution in [0, 0.1) is 0 Å². The number of nitrogens with zero attached hydrogens (tertiary/aromatic N) is 2. The molecule has 4 aromatic carbocycles. The molecule has 0 unspecified atom stereocenters. The second kappa shape index (κ2) is 12.8. The van der Waals surface area contributed by atoms with E-state index in [-0.39, 0.29) is 16.9 Å². The minimum absolute atomic E-state index is 0.223. The van der Waals surface area contributed by atoms with E-state index < -0.39 is 11.7 Å². The number of aromatic hydroxyl groups is 1. The van der Waals surface area contributed by atoms with Crippen LogP contribution in [0.4, 0.5) is 11.4 Å². The number of para-hydroxylation sites is 1. The summed E-state index contributed by atoms with van der Waals surface area (Å²) in [7, 11) is 4.23. The molecule has 0 bridgehead atoms. The number of hydrogen-bond donors (Lipinski definition) is 2. The van der Waals surface area contributed by atoms with Gasteiger partial charge in [-0.2, -0.15) is 0 Å². The molecule has 4 aromatic rings. The minimum atomic E-state index is -1.23. The monoisotopic (exact) mass is 560 g/mol. The van der Waals surface area contributed by atoms with Crippen molar-refractivity contribution in [3.05, 3.63) is 113 Å². The molecule has 0 saturated carbocycles.